The molecule has 3 aromatic rings. The number of methoxy groups -OCH3 is 1. The summed E-state index contributed by atoms with van der Waals surface area (Å²) < 4.78 is 16.8. The zero-order chi connectivity index (χ0) is 27.5. The van der Waals surface area contributed by atoms with E-state index in [9.17, 15) is 14.9 Å². The number of aryl methyl sites for hydroxylation is 2. The Hall–Kier alpha value is -4.27. The van der Waals surface area contributed by atoms with Gasteiger partial charge in [-0.1, -0.05) is 17.7 Å². The van der Waals surface area contributed by atoms with E-state index in [-0.39, 0.29) is 37.2 Å². The Kier molecular flexibility index (Phi) is 10.3. The van der Waals surface area contributed by atoms with E-state index >= 15 is 0 Å². The second-order valence-electron chi connectivity index (χ2n) is 8.07. The molecule has 2 amide bonds. The number of nitriles is 1. The highest BCUT2D eigenvalue weighted by Crippen LogP contribution is 2.29. The molecule has 1 aromatic heterocycles. The average molecular weight is 580 g/mol. The van der Waals surface area contributed by atoms with Crippen LogP contribution in [0.25, 0.3) is 0 Å². The molecule has 38 heavy (non-hydrogen) atoms. The van der Waals surface area contributed by atoms with Gasteiger partial charge in [-0.05, 0) is 71.7 Å². The number of halogens is 1. The minimum atomic E-state index is -0.527. The molecule has 3 rings (SSSR count). The van der Waals surface area contributed by atoms with E-state index < -0.39 is 5.91 Å². The van der Waals surface area contributed by atoms with Gasteiger partial charge in [-0.3, -0.25) is 9.59 Å². The van der Waals surface area contributed by atoms with Gasteiger partial charge in [0.2, 0.25) is 5.88 Å². The Morgan fingerprint density at radius 1 is 1.05 bits per heavy atom. The van der Waals surface area contributed by atoms with Gasteiger partial charge < -0.3 is 19.5 Å². The summed E-state index contributed by atoms with van der Waals surface area (Å²) in [5, 5.41) is 16.2. The molecule has 11 heteroatoms. The van der Waals surface area contributed by atoms with Crippen LogP contribution in [0.5, 0.6) is 11.6 Å². The number of pyridine rings is 1. The minimum absolute atomic E-state index is 0.0440. The number of hydrogen-bond acceptors (Lipinski definition) is 8. The molecule has 0 fully saturated rings. The van der Waals surface area contributed by atoms with E-state index in [1.54, 1.807) is 31.2 Å². The highest BCUT2D eigenvalue weighted by atomic mass is 79.9. The highest BCUT2D eigenvalue weighted by molar-refractivity contribution is 9.10. The second-order valence-corrected chi connectivity index (χ2v) is 8.86. The van der Waals surface area contributed by atoms with Gasteiger partial charge in [-0.15, -0.1) is 0 Å². The number of carbonyl (C=O) groups is 2. The predicted octanol–water partition coefficient (Wildman–Crippen LogP) is 4.03. The summed E-state index contributed by atoms with van der Waals surface area (Å²) in [6.45, 7) is 3.39. The summed E-state index contributed by atoms with van der Waals surface area (Å²) in [4.78, 5) is 28.5. The molecular formula is C27H26BrN5O5. The van der Waals surface area contributed by atoms with Crippen LogP contribution in [0.1, 0.15) is 27.9 Å². The Morgan fingerprint density at radius 3 is 2.39 bits per heavy atom. The van der Waals surface area contributed by atoms with Crippen molar-refractivity contribution in [3.8, 4) is 17.7 Å². The first-order chi connectivity index (χ1) is 18.3. The minimum Gasteiger partial charge on any atom is -0.484 e. The third-order valence-corrected chi connectivity index (χ3v) is 6.15. The van der Waals surface area contributed by atoms with Crippen LogP contribution in [0.15, 0.2) is 58.1 Å². The van der Waals surface area contributed by atoms with Crippen molar-refractivity contribution >= 4 is 39.6 Å². The van der Waals surface area contributed by atoms with Crippen LogP contribution < -0.4 is 20.2 Å². The quantitative estimate of drug-likeness (QED) is 0.258. The molecule has 0 saturated carbocycles. The number of nitrogens with one attached hydrogen (secondary N) is 2. The number of nitrogens with zero attached hydrogens (tertiary/aromatic N) is 3. The van der Waals surface area contributed by atoms with Crippen molar-refractivity contribution in [1.29, 1.82) is 5.26 Å². The molecule has 2 aromatic carbocycles. The first kappa shape index (κ1) is 28.3. The molecule has 0 atom stereocenters. The lowest BCUT2D eigenvalue weighted by Gasteiger charge is -2.13. The van der Waals surface area contributed by atoms with E-state index in [4.69, 9.17) is 14.2 Å². The fraction of sp³-hybridized carbons (Fsp3) is 0.222. The van der Waals surface area contributed by atoms with Gasteiger partial charge >= 0.3 is 0 Å². The molecule has 0 aliphatic carbocycles. The monoisotopic (exact) mass is 579 g/mol. The molecule has 1 heterocycles. The number of ether oxygens (including phenoxy) is 3. The molecule has 0 bridgehead atoms. The van der Waals surface area contributed by atoms with Gasteiger partial charge in [0.1, 0.15) is 17.4 Å². The zero-order valence-electron chi connectivity index (χ0n) is 21.1. The van der Waals surface area contributed by atoms with Crippen molar-refractivity contribution in [2.24, 2.45) is 5.10 Å². The molecule has 0 aliphatic rings. The summed E-state index contributed by atoms with van der Waals surface area (Å²) in [7, 11) is 1.52. The maximum absolute atomic E-state index is 12.2. The summed E-state index contributed by atoms with van der Waals surface area (Å²) in [5.74, 6) is -0.241. The van der Waals surface area contributed by atoms with Crippen LogP contribution >= 0.6 is 15.9 Å². The Morgan fingerprint density at radius 2 is 1.74 bits per heavy atom. The summed E-state index contributed by atoms with van der Waals surface area (Å²) in [6, 6.07) is 16.4. The first-order valence-electron chi connectivity index (χ1n) is 11.4. The van der Waals surface area contributed by atoms with Crippen LogP contribution in [-0.4, -0.2) is 43.3 Å². The van der Waals surface area contributed by atoms with Gasteiger partial charge in [-0.25, -0.2) is 10.4 Å². The van der Waals surface area contributed by atoms with Crippen molar-refractivity contribution in [2.45, 2.75) is 20.5 Å². The van der Waals surface area contributed by atoms with Crippen molar-refractivity contribution in [3.05, 3.63) is 81.0 Å². The SMILES string of the molecule is COCc1c(Br)c(C)nc(OCC(=O)N/N=C\c2ccc(OCC(=O)Nc3ccc(C)cc3)cc2)c1C#N. The fourth-order valence-corrected chi connectivity index (χ4v) is 3.59. The average Bonchev–Trinajstić information content (AvgIpc) is 2.91. The Bertz CT molecular complexity index is 1350. The number of amides is 2. The van der Waals surface area contributed by atoms with E-state index in [2.05, 4.69) is 36.8 Å². The second kappa shape index (κ2) is 13.9. The zero-order valence-corrected chi connectivity index (χ0v) is 22.7. The predicted molar refractivity (Wildman–Crippen MR) is 145 cm³/mol. The van der Waals surface area contributed by atoms with Crippen molar-refractivity contribution < 1.29 is 23.8 Å². The van der Waals surface area contributed by atoms with Crippen LogP contribution in [0.2, 0.25) is 0 Å². The number of anilines is 1. The lowest BCUT2D eigenvalue weighted by molar-refractivity contribution is -0.123. The molecule has 0 aliphatic heterocycles. The lowest BCUT2D eigenvalue weighted by Crippen LogP contribution is -2.25. The third-order valence-electron chi connectivity index (χ3n) is 5.10. The number of benzene rings is 2. The Balaban J connectivity index is 1.47. The largest absolute Gasteiger partial charge is 0.484 e. The Labute approximate surface area is 228 Å². The summed E-state index contributed by atoms with van der Waals surface area (Å²) in [5.41, 5.74) is 6.25. The van der Waals surface area contributed by atoms with Crippen molar-refractivity contribution in [3.63, 3.8) is 0 Å². The normalized spacial score (nSPS) is 10.6. The lowest BCUT2D eigenvalue weighted by atomic mass is 10.1. The highest BCUT2D eigenvalue weighted by Gasteiger charge is 2.18. The number of aromatic nitrogens is 1. The van der Waals surface area contributed by atoms with Crippen molar-refractivity contribution in [2.75, 3.05) is 25.6 Å². The molecule has 0 spiro atoms. The number of hydrogen-bond donors (Lipinski definition) is 2. The van der Waals surface area contributed by atoms with Crippen LogP contribution in [0.3, 0.4) is 0 Å². The van der Waals surface area contributed by atoms with Gasteiger partial charge in [0.15, 0.2) is 13.2 Å². The molecule has 10 nitrogen and oxygen atoms in total. The summed E-state index contributed by atoms with van der Waals surface area (Å²) in [6.07, 6.45) is 1.45. The molecule has 0 unspecified atom stereocenters. The van der Waals surface area contributed by atoms with E-state index in [1.165, 1.54) is 13.3 Å². The van der Waals surface area contributed by atoms with Gasteiger partial charge in [0.25, 0.3) is 11.8 Å². The first-order valence-corrected chi connectivity index (χ1v) is 12.2. The van der Waals surface area contributed by atoms with Gasteiger partial charge in [0, 0.05) is 22.8 Å². The van der Waals surface area contributed by atoms with Gasteiger partial charge in [-0.2, -0.15) is 10.4 Å². The molecule has 196 valence electrons. The maximum atomic E-state index is 12.2. The fourth-order valence-electron chi connectivity index (χ4n) is 3.19. The third kappa shape index (κ3) is 8.12. The van der Waals surface area contributed by atoms with Crippen LogP contribution in [0.4, 0.5) is 5.69 Å². The number of rotatable bonds is 11. The van der Waals surface area contributed by atoms with E-state index in [0.717, 1.165) is 5.56 Å². The van der Waals surface area contributed by atoms with Gasteiger partial charge in [0.05, 0.1) is 18.5 Å². The number of carbonyl (C=O) groups excluding carboxylic acids is 2. The van der Waals surface area contributed by atoms with E-state index in [1.807, 2.05) is 37.3 Å². The maximum Gasteiger partial charge on any atom is 0.278 e. The van der Waals surface area contributed by atoms with Crippen LogP contribution in [-0.2, 0) is 20.9 Å². The molecule has 0 radical (unpaired) electrons. The summed E-state index contributed by atoms with van der Waals surface area (Å²) >= 11 is 3.40. The molecule has 2 N–H and O–H groups in total. The van der Waals surface area contributed by atoms with E-state index in [0.29, 0.717) is 32.7 Å². The topological polar surface area (TPSA) is 135 Å². The van der Waals surface area contributed by atoms with Crippen LogP contribution in [0, 0.1) is 25.2 Å². The molecule has 0 saturated heterocycles. The van der Waals surface area contributed by atoms with Crippen molar-refractivity contribution in [1.82, 2.24) is 10.4 Å². The standard InChI is InChI=1S/C27H26BrN5O5/c1-17-4-8-20(9-5-17)32-24(34)15-37-21-10-6-19(7-11-21)13-30-33-25(35)16-38-27-22(12-29)23(14-36-3)26(28)18(2)31-27/h4-11,13H,14-16H2,1-3H3,(H,32,34)(H,33,35)/b30-13-. The smallest absolute Gasteiger partial charge is 0.278 e. The number of hydrazone groups is 1. The molecular weight excluding hydrogens is 554 g/mol.